The maximum absolute atomic E-state index is 12.7. The third kappa shape index (κ3) is 1.97. The Bertz CT molecular complexity index is 265. The molecule has 1 atom stereocenters. The van der Waals surface area contributed by atoms with Gasteiger partial charge in [0.1, 0.15) is 0 Å². The van der Waals surface area contributed by atoms with Gasteiger partial charge in [-0.05, 0) is 28.9 Å². The van der Waals surface area contributed by atoms with Crippen molar-refractivity contribution in [1.82, 2.24) is 4.98 Å². The number of aromatic nitrogens is 1. The maximum atomic E-state index is 12.7. The molecule has 60 valence electrons. The molecule has 1 N–H and O–H groups in total. The van der Waals surface area contributed by atoms with Gasteiger partial charge in [-0.2, -0.15) is 4.39 Å². The Kier molecular flexibility index (Phi) is 2.57. The summed E-state index contributed by atoms with van der Waals surface area (Å²) in [6.45, 7) is 1.49. The van der Waals surface area contributed by atoms with Crippen molar-refractivity contribution < 1.29 is 9.50 Å². The Labute approximate surface area is 72.2 Å². The van der Waals surface area contributed by atoms with Crippen LogP contribution in [0.1, 0.15) is 18.6 Å². The molecule has 0 amide bonds. The summed E-state index contributed by atoms with van der Waals surface area (Å²) in [6.07, 6.45) is 0.529. The highest BCUT2D eigenvalue weighted by molar-refractivity contribution is 9.10. The van der Waals surface area contributed by atoms with E-state index in [0.717, 1.165) is 0 Å². The number of pyridine rings is 1. The Morgan fingerprint density at radius 2 is 2.36 bits per heavy atom. The fourth-order valence-electron chi connectivity index (χ4n) is 0.731. The van der Waals surface area contributed by atoms with E-state index in [2.05, 4.69) is 20.9 Å². The van der Waals surface area contributed by atoms with E-state index in [-0.39, 0.29) is 5.56 Å². The predicted octanol–water partition coefficient (Wildman–Crippen LogP) is 2.04. The Morgan fingerprint density at radius 1 is 1.73 bits per heavy atom. The first-order chi connectivity index (χ1) is 5.11. The van der Waals surface area contributed by atoms with Crippen LogP contribution in [0.15, 0.2) is 16.7 Å². The van der Waals surface area contributed by atoms with Crippen LogP contribution in [0, 0.1) is 5.95 Å². The summed E-state index contributed by atoms with van der Waals surface area (Å²) in [6, 6.07) is 1.51. The minimum absolute atomic E-state index is 0.208. The van der Waals surface area contributed by atoms with Crippen LogP contribution >= 0.6 is 15.9 Å². The fourth-order valence-corrected chi connectivity index (χ4v) is 1.08. The van der Waals surface area contributed by atoms with E-state index in [1.807, 2.05) is 0 Å². The molecular formula is C7H7BrFNO. The van der Waals surface area contributed by atoms with Crippen LogP contribution in [0.2, 0.25) is 0 Å². The van der Waals surface area contributed by atoms with E-state index >= 15 is 0 Å². The molecule has 1 rings (SSSR count). The maximum Gasteiger partial charge on any atom is 0.218 e. The van der Waals surface area contributed by atoms with E-state index in [1.54, 1.807) is 0 Å². The van der Waals surface area contributed by atoms with Crippen molar-refractivity contribution in [3.05, 3.63) is 28.2 Å². The number of halogens is 2. The van der Waals surface area contributed by atoms with Gasteiger partial charge in [0.25, 0.3) is 0 Å². The molecule has 1 aromatic rings. The number of aliphatic hydroxyl groups excluding tert-OH is 1. The van der Waals surface area contributed by atoms with Gasteiger partial charge in [0, 0.05) is 16.2 Å². The van der Waals surface area contributed by atoms with Crippen molar-refractivity contribution in [1.29, 1.82) is 0 Å². The van der Waals surface area contributed by atoms with Crippen LogP contribution in [0.5, 0.6) is 0 Å². The first kappa shape index (κ1) is 8.62. The Morgan fingerprint density at radius 3 is 2.82 bits per heavy atom. The van der Waals surface area contributed by atoms with Crippen molar-refractivity contribution in [2.75, 3.05) is 0 Å². The van der Waals surface area contributed by atoms with E-state index < -0.39 is 12.1 Å². The van der Waals surface area contributed by atoms with E-state index in [1.165, 1.54) is 19.2 Å². The topological polar surface area (TPSA) is 33.1 Å². The molecule has 0 bridgehead atoms. The average Bonchev–Trinajstić information content (AvgIpc) is 1.94. The third-order valence-corrected chi connectivity index (χ3v) is 1.72. The zero-order valence-electron chi connectivity index (χ0n) is 5.88. The summed E-state index contributed by atoms with van der Waals surface area (Å²) in [4.78, 5) is 3.43. The van der Waals surface area contributed by atoms with E-state index in [0.29, 0.717) is 4.47 Å². The lowest BCUT2D eigenvalue weighted by atomic mass is 10.2. The second-order valence-electron chi connectivity index (χ2n) is 2.21. The smallest absolute Gasteiger partial charge is 0.218 e. The van der Waals surface area contributed by atoms with Crippen molar-refractivity contribution in [2.24, 2.45) is 0 Å². The molecule has 2 nitrogen and oxygen atoms in total. The Balaban J connectivity index is 3.13. The largest absolute Gasteiger partial charge is 0.389 e. The van der Waals surface area contributed by atoms with Crippen LogP contribution in [0.25, 0.3) is 0 Å². The third-order valence-electron chi connectivity index (χ3n) is 1.28. The van der Waals surface area contributed by atoms with Gasteiger partial charge in [0.15, 0.2) is 0 Å². The molecule has 4 heteroatoms. The summed E-state index contributed by atoms with van der Waals surface area (Å²) in [5, 5.41) is 9.03. The standard InChI is InChI=1S/C7H7BrFNO/c1-4(11)6-2-5(8)3-10-7(6)9/h2-4,11H,1H3/t4-/m0/s1. The Hall–Kier alpha value is -0.480. The fraction of sp³-hybridized carbons (Fsp3) is 0.286. The van der Waals surface area contributed by atoms with Crippen LogP contribution < -0.4 is 0 Å². The number of aliphatic hydroxyl groups is 1. The number of hydrogen-bond donors (Lipinski definition) is 1. The molecule has 11 heavy (non-hydrogen) atoms. The van der Waals surface area contributed by atoms with Gasteiger partial charge in [-0.25, -0.2) is 4.98 Å². The van der Waals surface area contributed by atoms with Gasteiger partial charge >= 0.3 is 0 Å². The molecule has 1 aromatic heterocycles. The molecule has 0 aliphatic carbocycles. The zero-order valence-corrected chi connectivity index (χ0v) is 7.47. The lowest BCUT2D eigenvalue weighted by molar-refractivity contribution is 0.193. The molecule has 0 spiro atoms. The van der Waals surface area contributed by atoms with Crippen LogP contribution in [0.4, 0.5) is 4.39 Å². The van der Waals surface area contributed by atoms with Gasteiger partial charge in [-0.15, -0.1) is 0 Å². The van der Waals surface area contributed by atoms with Gasteiger partial charge < -0.3 is 5.11 Å². The monoisotopic (exact) mass is 219 g/mol. The summed E-state index contributed by atoms with van der Waals surface area (Å²) in [5.74, 6) is -0.622. The average molecular weight is 220 g/mol. The molecule has 0 radical (unpaired) electrons. The van der Waals surface area contributed by atoms with Gasteiger partial charge in [-0.1, -0.05) is 0 Å². The molecule has 0 saturated carbocycles. The summed E-state index contributed by atoms with van der Waals surface area (Å²) in [7, 11) is 0. The lowest BCUT2D eigenvalue weighted by Gasteiger charge is -2.04. The molecule has 0 fully saturated rings. The molecule has 1 heterocycles. The highest BCUT2D eigenvalue weighted by atomic mass is 79.9. The summed E-state index contributed by atoms with van der Waals surface area (Å²) in [5.41, 5.74) is 0.208. The predicted molar refractivity (Wildman–Crippen MR) is 42.5 cm³/mol. The van der Waals surface area contributed by atoms with E-state index in [4.69, 9.17) is 5.11 Å². The number of nitrogens with zero attached hydrogens (tertiary/aromatic N) is 1. The highest BCUT2D eigenvalue weighted by Crippen LogP contribution is 2.18. The molecule has 0 aliphatic rings. The van der Waals surface area contributed by atoms with Crippen LogP contribution in [-0.4, -0.2) is 10.1 Å². The zero-order chi connectivity index (χ0) is 8.43. The van der Waals surface area contributed by atoms with Crippen molar-refractivity contribution >= 4 is 15.9 Å². The van der Waals surface area contributed by atoms with Crippen molar-refractivity contribution in [3.8, 4) is 0 Å². The molecule has 0 aromatic carbocycles. The molecule has 0 saturated heterocycles. The first-order valence-electron chi connectivity index (χ1n) is 3.10. The first-order valence-corrected chi connectivity index (χ1v) is 3.89. The van der Waals surface area contributed by atoms with E-state index in [9.17, 15) is 4.39 Å². The van der Waals surface area contributed by atoms with Gasteiger partial charge in [-0.3, -0.25) is 0 Å². The molecule has 0 aliphatic heterocycles. The molecular weight excluding hydrogens is 213 g/mol. The van der Waals surface area contributed by atoms with Gasteiger partial charge in [0.05, 0.1) is 6.10 Å². The second-order valence-corrected chi connectivity index (χ2v) is 3.13. The number of hydrogen-bond acceptors (Lipinski definition) is 2. The normalized spacial score (nSPS) is 13.1. The number of rotatable bonds is 1. The summed E-state index contributed by atoms with van der Waals surface area (Å²) < 4.78 is 13.4. The minimum Gasteiger partial charge on any atom is -0.389 e. The summed E-state index contributed by atoms with van der Waals surface area (Å²) >= 11 is 3.12. The second kappa shape index (κ2) is 3.28. The van der Waals surface area contributed by atoms with Gasteiger partial charge in [0.2, 0.25) is 5.95 Å². The quantitative estimate of drug-likeness (QED) is 0.734. The molecule has 0 unspecified atom stereocenters. The van der Waals surface area contributed by atoms with Crippen LogP contribution in [-0.2, 0) is 0 Å². The SMILES string of the molecule is C[C@H](O)c1cc(Br)cnc1F. The van der Waals surface area contributed by atoms with Crippen molar-refractivity contribution in [2.45, 2.75) is 13.0 Å². The lowest BCUT2D eigenvalue weighted by Crippen LogP contribution is -1.97. The van der Waals surface area contributed by atoms with Crippen LogP contribution in [0.3, 0.4) is 0 Å². The van der Waals surface area contributed by atoms with Crippen molar-refractivity contribution in [3.63, 3.8) is 0 Å². The minimum atomic E-state index is -0.819. The highest BCUT2D eigenvalue weighted by Gasteiger charge is 2.08.